The highest BCUT2D eigenvalue weighted by molar-refractivity contribution is 7.90. The van der Waals surface area contributed by atoms with Crippen LogP contribution >= 0.6 is 11.3 Å². The Kier molecular flexibility index (Phi) is 7.26. The number of benzene rings is 2. The van der Waals surface area contributed by atoms with Crippen LogP contribution in [0.2, 0.25) is 0 Å². The van der Waals surface area contributed by atoms with E-state index >= 15 is 0 Å². The molecule has 0 aliphatic carbocycles. The van der Waals surface area contributed by atoms with Crippen LogP contribution < -0.4 is 10.1 Å². The van der Waals surface area contributed by atoms with Gasteiger partial charge >= 0.3 is 5.97 Å². The van der Waals surface area contributed by atoms with E-state index in [1.807, 2.05) is 0 Å². The van der Waals surface area contributed by atoms with Crippen LogP contribution in [0.4, 0.5) is 9.39 Å². The highest BCUT2D eigenvalue weighted by atomic mass is 32.2. The van der Waals surface area contributed by atoms with Gasteiger partial charge in [-0.25, -0.2) is 17.6 Å². The van der Waals surface area contributed by atoms with Gasteiger partial charge in [0.05, 0.1) is 11.5 Å². The number of nitrogens with one attached hydrogen (secondary N) is 1. The lowest BCUT2D eigenvalue weighted by Gasteiger charge is -2.10. The van der Waals surface area contributed by atoms with Crippen molar-refractivity contribution in [2.24, 2.45) is 0 Å². The van der Waals surface area contributed by atoms with Crippen molar-refractivity contribution in [1.82, 2.24) is 0 Å². The molecule has 0 aliphatic rings. The van der Waals surface area contributed by atoms with Gasteiger partial charge in [0.1, 0.15) is 22.1 Å². The Labute approximate surface area is 188 Å². The first-order valence-corrected chi connectivity index (χ1v) is 12.2. The smallest absolute Gasteiger partial charge is 0.341 e. The Morgan fingerprint density at radius 2 is 1.84 bits per heavy atom. The summed E-state index contributed by atoms with van der Waals surface area (Å²) in [5.41, 5.74) is 1.27. The predicted molar refractivity (Wildman–Crippen MR) is 119 cm³/mol. The molecule has 0 aliphatic heterocycles. The molecule has 0 radical (unpaired) electrons. The van der Waals surface area contributed by atoms with Gasteiger partial charge < -0.3 is 14.8 Å². The van der Waals surface area contributed by atoms with E-state index < -0.39 is 34.1 Å². The van der Waals surface area contributed by atoms with E-state index in [1.165, 1.54) is 48.5 Å². The van der Waals surface area contributed by atoms with Crippen molar-refractivity contribution >= 4 is 38.1 Å². The molecule has 0 atom stereocenters. The van der Waals surface area contributed by atoms with Crippen molar-refractivity contribution in [3.05, 3.63) is 65.3 Å². The topological polar surface area (TPSA) is 98.8 Å². The number of thiophene rings is 1. The molecule has 0 saturated heterocycles. The SMILES string of the molecule is CCOC(=O)c1c(-c2ccc(F)cc2)csc1NC(=O)COc1cccc(S(C)(=O)=O)c1. The van der Waals surface area contributed by atoms with Crippen LogP contribution in [0.5, 0.6) is 5.75 Å². The summed E-state index contributed by atoms with van der Waals surface area (Å²) in [7, 11) is -3.41. The number of esters is 1. The second-order valence-corrected chi connectivity index (χ2v) is 9.56. The Balaban J connectivity index is 1.78. The van der Waals surface area contributed by atoms with Crippen molar-refractivity contribution in [2.75, 3.05) is 24.8 Å². The minimum absolute atomic E-state index is 0.0715. The standard InChI is InChI=1S/C22H20FNO6S2/c1-3-29-22(26)20-18(14-7-9-15(23)10-8-14)13-31-21(20)24-19(25)12-30-16-5-4-6-17(11-16)32(2,27)28/h4-11,13H,3,12H2,1-2H3,(H,24,25). The molecule has 1 amide bonds. The van der Waals surface area contributed by atoms with Crippen molar-refractivity contribution in [3.8, 4) is 16.9 Å². The van der Waals surface area contributed by atoms with Crippen LogP contribution in [0.3, 0.4) is 0 Å². The zero-order chi connectivity index (χ0) is 23.3. The fraction of sp³-hybridized carbons (Fsp3) is 0.182. The zero-order valence-electron chi connectivity index (χ0n) is 17.3. The largest absolute Gasteiger partial charge is 0.484 e. The first kappa shape index (κ1) is 23.4. The number of amides is 1. The number of hydrogen-bond acceptors (Lipinski definition) is 7. The second-order valence-electron chi connectivity index (χ2n) is 6.66. The molecule has 32 heavy (non-hydrogen) atoms. The first-order valence-electron chi connectivity index (χ1n) is 9.46. The van der Waals surface area contributed by atoms with E-state index in [0.717, 1.165) is 17.6 Å². The average Bonchev–Trinajstić information content (AvgIpc) is 3.16. The molecule has 168 valence electrons. The maximum atomic E-state index is 13.3. The van der Waals surface area contributed by atoms with Gasteiger partial charge in [0, 0.05) is 17.2 Å². The van der Waals surface area contributed by atoms with E-state index in [4.69, 9.17) is 9.47 Å². The van der Waals surface area contributed by atoms with Crippen LogP contribution in [0.25, 0.3) is 11.1 Å². The molecule has 0 spiro atoms. The highest BCUT2D eigenvalue weighted by Gasteiger charge is 2.23. The third-order valence-corrected chi connectivity index (χ3v) is 6.29. The maximum Gasteiger partial charge on any atom is 0.341 e. The van der Waals surface area contributed by atoms with Crippen molar-refractivity contribution < 1.29 is 31.9 Å². The monoisotopic (exact) mass is 477 g/mol. The second kappa shape index (κ2) is 9.92. The van der Waals surface area contributed by atoms with Gasteiger partial charge in [-0.1, -0.05) is 18.2 Å². The van der Waals surface area contributed by atoms with Gasteiger partial charge in [-0.15, -0.1) is 11.3 Å². The lowest BCUT2D eigenvalue weighted by Crippen LogP contribution is -2.21. The molecule has 10 heteroatoms. The van der Waals surface area contributed by atoms with E-state index in [1.54, 1.807) is 12.3 Å². The number of anilines is 1. The van der Waals surface area contributed by atoms with Gasteiger partial charge in [-0.3, -0.25) is 4.79 Å². The minimum atomic E-state index is -3.41. The summed E-state index contributed by atoms with van der Waals surface area (Å²) in [6.07, 6.45) is 1.07. The molecule has 0 unspecified atom stereocenters. The number of halogens is 1. The van der Waals surface area contributed by atoms with Gasteiger partial charge in [-0.2, -0.15) is 0 Å². The molecule has 0 saturated carbocycles. The Hall–Kier alpha value is -3.24. The van der Waals surface area contributed by atoms with Gasteiger partial charge in [0.25, 0.3) is 5.91 Å². The van der Waals surface area contributed by atoms with Crippen LogP contribution in [-0.4, -0.2) is 39.8 Å². The van der Waals surface area contributed by atoms with Crippen LogP contribution in [0, 0.1) is 5.82 Å². The predicted octanol–water partition coefficient (Wildman–Crippen LogP) is 4.15. The summed E-state index contributed by atoms with van der Waals surface area (Å²) in [4.78, 5) is 25.1. The molecule has 1 heterocycles. The Bertz CT molecular complexity index is 1240. The molecule has 2 aromatic carbocycles. The molecule has 0 bridgehead atoms. The summed E-state index contributed by atoms with van der Waals surface area (Å²) < 4.78 is 47.1. The van der Waals surface area contributed by atoms with Gasteiger partial charge in [0.15, 0.2) is 16.4 Å². The zero-order valence-corrected chi connectivity index (χ0v) is 18.9. The molecule has 0 fully saturated rings. The molecule has 1 aromatic heterocycles. The van der Waals surface area contributed by atoms with Crippen molar-refractivity contribution in [3.63, 3.8) is 0 Å². The molecule has 7 nitrogen and oxygen atoms in total. The third-order valence-electron chi connectivity index (χ3n) is 4.28. The first-order chi connectivity index (χ1) is 15.2. The molecule has 3 rings (SSSR count). The normalized spacial score (nSPS) is 11.1. The van der Waals surface area contributed by atoms with Crippen molar-refractivity contribution in [1.29, 1.82) is 0 Å². The minimum Gasteiger partial charge on any atom is -0.484 e. The summed E-state index contributed by atoms with van der Waals surface area (Å²) in [5.74, 6) is -1.36. The summed E-state index contributed by atoms with van der Waals surface area (Å²) >= 11 is 1.12. The van der Waals surface area contributed by atoms with E-state index in [0.29, 0.717) is 11.1 Å². The fourth-order valence-corrected chi connectivity index (χ4v) is 4.43. The molecule has 3 aromatic rings. The van der Waals surface area contributed by atoms with Crippen LogP contribution in [0.1, 0.15) is 17.3 Å². The van der Waals surface area contributed by atoms with Gasteiger partial charge in [0.2, 0.25) is 0 Å². The Morgan fingerprint density at radius 3 is 2.50 bits per heavy atom. The van der Waals surface area contributed by atoms with E-state index in [9.17, 15) is 22.4 Å². The highest BCUT2D eigenvalue weighted by Crippen LogP contribution is 2.36. The molecule has 1 N–H and O–H groups in total. The van der Waals surface area contributed by atoms with Gasteiger partial charge in [-0.05, 0) is 42.8 Å². The van der Waals surface area contributed by atoms with E-state index in [-0.39, 0.29) is 27.8 Å². The maximum absolute atomic E-state index is 13.3. The van der Waals surface area contributed by atoms with E-state index in [2.05, 4.69) is 5.32 Å². The number of carbonyl (C=O) groups is 2. The molecular weight excluding hydrogens is 457 g/mol. The van der Waals surface area contributed by atoms with Crippen LogP contribution in [-0.2, 0) is 19.4 Å². The molecular formula is C22H20FNO6S2. The average molecular weight is 478 g/mol. The van der Waals surface area contributed by atoms with Crippen molar-refractivity contribution in [2.45, 2.75) is 11.8 Å². The number of sulfone groups is 1. The number of rotatable bonds is 8. The summed E-state index contributed by atoms with van der Waals surface area (Å²) in [6.45, 7) is 1.41. The fourth-order valence-electron chi connectivity index (χ4n) is 2.80. The van der Waals surface area contributed by atoms with Crippen LogP contribution in [0.15, 0.2) is 58.8 Å². The summed E-state index contributed by atoms with van der Waals surface area (Å²) in [6, 6.07) is 11.4. The number of hydrogen-bond donors (Lipinski definition) is 1. The Morgan fingerprint density at radius 1 is 1.12 bits per heavy atom. The number of carbonyl (C=O) groups excluding carboxylic acids is 2. The summed E-state index contributed by atoms with van der Waals surface area (Å²) in [5, 5.41) is 4.57. The quantitative estimate of drug-likeness (QED) is 0.490. The lowest BCUT2D eigenvalue weighted by molar-refractivity contribution is -0.118. The lowest BCUT2D eigenvalue weighted by atomic mass is 10.0. The third kappa shape index (κ3) is 5.71. The number of ether oxygens (including phenoxy) is 2.